The zero-order valence-electron chi connectivity index (χ0n) is 15.0. The van der Waals surface area contributed by atoms with Gasteiger partial charge >= 0.3 is 0 Å². The lowest BCUT2D eigenvalue weighted by atomic mass is 10.1. The molecule has 140 valence electrons. The van der Waals surface area contributed by atoms with E-state index in [1.54, 1.807) is 67.7 Å². The van der Waals surface area contributed by atoms with E-state index in [1.807, 2.05) is 0 Å². The third-order valence-corrected chi connectivity index (χ3v) is 4.11. The molecule has 0 aliphatic rings. The SMILES string of the molecule is COc1ccc(C(=O)Nc2ccc(-n3cnc(Cl)c3)c(OC)c2)cc1OC. The molecule has 0 bridgehead atoms. The van der Waals surface area contributed by atoms with E-state index in [9.17, 15) is 4.79 Å². The van der Waals surface area contributed by atoms with Crippen molar-refractivity contribution < 1.29 is 19.0 Å². The molecule has 0 atom stereocenters. The molecule has 0 aliphatic carbocycles. The van der Waals surface area contributed by atoms with Crippen LogP contribution in [-0.4, -0.2) is 36.8 Å². The minimum Gasteiger partial charge on any atom is -0.494 e. The number of benzene rings is 2. The second-order valence-corrected chi connectivity index (χ2v) is 5.90. The smallest absolute Gasteiger partial charge is 0.255 e. The predicted octanol–water partition coefficient (Wildman–Crippen LogP) is 3.80. The monoisotopic (exact) mass is 387 g/mol. The lowest BCUT2D eigenvalue weighted by Gasteiger charge is -2.13. The van der Waals surface area contributed by atoms with Gasteiger partial charge in [0.05, 0.1) is 27.0 Å². The van der Waals surface area contributed by atoms with Crippen molar-refractivity contribution in [1.29, 1.82) is 0 Å². The van der Waals surface area contributed by atoms with E-state index >= 15 is 0 Å². The fourth-order valence-electron chi connectivity index (χ4n) is 2.58. The van der Waals surface area contributed by atoms with Crippen LogP contribution < -0.4 is 19.5 Å². The lowest BCUT2D eigenvalue weighted by Crippen LogP contribution is -2.12. The van der Waals surface area contributed by atoms with Gasteiger partial charge in [-0.05, 0) is 30.3 Å². The van der Waals surface area contributed by atoms with Gasteiger partial charge in [0.25, 0.3) is 5.91 Å². The minimum absolute atomic E-state index is 0.281. The van der Waals surface area contributed by atoms with Crippen LogP contribution in [0.1, 0.15) is 10.4 Å². The van der Waals surface area contributed by atoms with Gasteiger partial charge in [0.2, 0.25) is 0 Å². The Hall–Kier alpha value is -3.19. The molecule has 7 nitrogen and oxygen atoms in total. The number of hydrogen-bond donors (Lipinski definition) is 1. The molecule has 0 aliphatic heterocycles. The van der Waals surface area contributed by atoms with Gasteiger partial charge < -0.3 is 24.1 Å². The van der Waals surface area contributed by atoms with Gasteiger partial charge in [-0.2, -0.15) is 0 Å². The molecular weight excluding hydrogens is 370 g/mol. The van der Waals surface area contributed by atoms with Crippen molar-refractivity contribution in [3.63, 3.8) is 0 Å². The van der Waals surface area contributed by atoms with Crippen LogP contribution in [-0.2, 0) is 0 Å². The number of anilines is 1. The molecule has 0 saturated carbocycles. The molecule has 0 unspecified atom stereocenters. The Morgan fingerprint density at radius 3 is 2.37 bits per heavy atom. The highest BCUT2D eigenvalue weighted by atomic mass is 35.5. The zero-order valence-corrected chi connectivity index (χ0v) is 15.8. The maximum Gasteiger partial charge on any atom is 0.255 e. The summed E-state index contributed by atoms with van der Waals surface area (Å²) in [5.41, 5.74) is 1.78. The van der Waals surface area contributed by atoms with Crippen molar-refractivity contribution in [2.75, 3.05) is 26.6 Å². The maximum absolute atomic E-state index is 12.6. The molecule has 3 rings (SSSR count). The van der Waals surface area contributed by atoms with Gasteiger partial charge in [-0.1, -0.05) is 11.6 Å². The number of imidazole rings is 1. The van der Waals surface area contributed by atoms with Gasteiger partial charge in [-0.15, -0.1) is 0 Å². The second-order valence-electron chi connectivity index (χ2n) is 5.51. The highest BCUT2D eigenvalue weighted by Crippen LogP contribution is 2.29. The van der Waals surface area contributed by atoms with Crippen LogP contribution in [0.15, 0.2) is 48.9 Å². The molecule has 1 aromatic heterocycles. The standard InChI is InChI=1S/C19H18ClN3O4/c1-25-15-7-4-12(8-17(15)27-3)19(24)22-13-5-6-14(16(9-13)26-2)23-10-18(20)21-11-23/h4-11H,1-3H3,(H,22,24). The summed E-state index contributed by atoms with van der Waals surface area (Å²) in [5.74, 6) is 1.32. The van der Waals surface area contributed by atoms with E-state index in [-0.39, 0.29) is 5.91 Å². The number of nitrogens with one attached hydrogen (secondary N) is 1. The van der Waals surface area contributed by atoms with Crippen LogP contribution >= 0.6 is 11.6 Å². The maximum atomic E-state index is 12.6. The first-order valence-electron chi connectivity index (χ1n) is 7.97. The van der Waals surface area contributed by atoms with E-state index in [0.717, 1.165) is 5.69 Å². The number of nitrogens with zero attached hydrogens (tertiary/aromatic N) is 2. The molecule has 0 spiro atoms. The first-order chi connectivity index (χ1) is 13.0. The molecule has 8 heteroatoms. The summed E-state index contributed by atoms with van der Waals surface area (Å²) < 4.78 is 17.6. The Morgan fingerprint density at radius 2 is 1.74 bits per heavy atom. The van der Waals surface area contributed by atoms with Crippen molar-refractivity contribution in [2.24, 2.45) is 0 Å². The van der Waals surface area contributed by atoms with Crippen molar-refractivity contribution in [3.8, 4) is 22.9 Å². The van der Waals surface area contributed by atoms with Crippen molar-refractivity contribution in [2.45, 2.75) is 0 Å². The van der Waals surface area contributed by atoms with Crippen molar-refractivity contribution >= 4 is 23.2 Å². The molecule has 27 heavy (non-hydrogen) atoms. The molecule has 0 fully saturated rings. The van der Waals surface area contributed by atoms with Crippen LogP contribution in [0.25, 0.3) is 5.69 Å². The lowest BCUT2D eigenvalue weighted by molar-refractivity contribution is 0.102. The van der Waals surface area contributed by atoms with Gasteiger partial charge in [-0.3, -0.25) is 4.79 Å². The number of carbonyl (C=O) groups excluding carboxylic acids is 1. The highest BCUT2D eigenvalue weighted by molar-refractivity contribution is 6.29. The fraction of sp³-hybridized carbons (Fsp3) is 0.158. The number of ether oxygens (including phenoxy) is 3. The molecule has 1 amide bonds. The van der Waals surface area contributed by atoms with Crippen LogP contribution in [0.3, 0.4) is 0 Å². The summed E-state index contributed by atoms with van der Waals surface area (Å²) >= 11 is 5.87. The Balaban J connectivity index is 1.84. The van der Waals surface area contributed by atoms with E-state index in [0.29, 0.717) is 33.7 Å². The zero-order chi connectivity index (χ0) is 19.4. The molecule has 1 N–H and O–H groups in total. The van der Waals surface area contributed by atoms with Crippen LogP contribution in [0.5, 0.6) is 17.2 Å². The van der Waals surface area contributed by atoms with Gasteiger partial charge in [-0.25, -0.2) is 4.98 Å². The van der Waals surface area contributed by atoms with Gasteiger partial charge in [0.1, 0.15) is 17.2 Å². The predicted molar refractivity (Wildman–Crippen MR) is 103 cm³/mol. The summed E-state index contributed by atoms with van der Waals surface area (Å²) in [4.78, 5) is 16.5. The number of halogens is 1. The van der Waals surface area contributed by atoms with Crippen LogP contribution in [0, 0.1) is 0 Å². The Bertz CT molecular complexity index is 971. The summed E-state index contributed by atoms with van der Waals surface area (Å²) in [6, 6.07) is 10.3. The number of rotatable bonds is 6. The number of hydrogen-bond acceptors (Lipinski definition) is 5. The third-order valence-electron chi connectivity index (χ3n) is 3.91. The quantitative estimate of drug-likeness (QED) is 0.696. The van der Waals surface area contributed by atoms with E-state index in [4.69, 9.17) is 25.8 Å². The largest absolute Gasteiger partial charge is 0.494 e. The molecule has 0 radical (unpaired) electrons. The minimum atomic E-state index is -0.281. The molecule has 1 heterocycles. The first-order valence-corrected chi connectivity index (χ1v) is 8.34. The average molecular weight is 388 g/mol. The third kappa shape index (κ3) is 3.98. The van der Waals surface area contributed by atoms with Crippen molar-refractivity contribution in [1.82, 2.24) is 9.55 Å². The fourth-order valence-corrected chi connectivity index (χ4v) is 2.73. The normalized spacial score (nSPS) is 10.4. The average Bonchev–Trinajstić information content (AvgIpc) is 3.13. The van der Waals surface area contributed by atoms with E-state index in [2.05, 4.69) is 10.3 Å². The Labute approximate surface area is 161 Å². The van der Waals surface area contributed by atoms with E-state index in [1.165, 1.54) is 7.11 Å². The second kappa shape index (κ2) is 8.01. The summed E-state index contributed by atoms with van der Waals surface area (Å²) in [6.07, 6.45) is 3.25. The van der Waals surface area contributed by atoms with Gasteiger partial charge in [0, 0.05) is 23.5 Å². The number of carbonyl (C=O) groups is 1. The topological polar surface area (TPSA) is 74.6 Å². The van der Waals surface area contributed by atoms with Gasteiger partial charge in [0.15, 0.2) is 11.5 Å². The molecule has 0 saturated heterocycles. The van der Waals surface area contributed by atoms with Crippen LogP contribution in [0.2, 0.25) is 5.15 Å². The van der Waals surface area contributed by atoms with E-state index < -0.39 is 0 Å². The summed E-state index contributed by atoms with van der Waals surface area (Å²) in [7, 11) is 4.61. The molecule has 2 aromatic carbocycles. The Kier molecular flexibility index (Phi) is 5.52. The number of amides is 1. The van der Waals surface area contributed by atoms with Crippen molar-refractivity contribution in [3.05, 3.63) is 59.6 Å². The first kappa shape index (κ1) is 18.6. The Morgan fingerprint density at radius 1 is 1.00 bits per heavy atom. The summed E-state index contributed by atoms with van der Waals surface area (Å²) in [6.45, 7) is 0. The number of methoxy groups -OCH3 is 3. The molecular formula is C19H18ClN3O4. The van der Waals surface area contributed by atoms with Crippen LogP contribution in [0.4, 0.5) is 5.69 Å². The number of aromatic nitrogens is 2. The summed E-state index contributed by atoms with van der Waals surface area (Å²) in [5, 5.41) is 3.22. The molecule has 3 aromatic rings. The highest BCUT2D eigenvalue weighted by Gasteiger charge is 2.13.